The van der Waals surface area contributed by atoms with Crippen LogP contribution in [0.2, 0.25) is 0 Å². The van der Waals surface area contributed by atoms with Gasteiger partial charge in [-0.2, -0.15) is 0 Å². The van der Waals surface area contributed by atoms with Crippen molar-refractivity contribution in [1.82, 2.24) is 9.97 Å². The number of nitrogens with one attached hydrogen (secondary N) is 1. The van der Waals surface area contributed by atoms with Crippen LogP contribution in [0.4, 0.5) is 0 Å². The summed E-state index contributed by atoms with van der Waals surface area (Å²) in [6.45, 7) is 0.521. The number of primary amides is 1. The first-order chi connectivity index (χ1) is 12.7. The molecule has 3 aromatic carbocycles. The molecular formula is C21H17N3O2. The number of rotatable bonds is 5. The van der Waals surface area contributed by atoms with E-state index in [0.29, 0.717) is 23.5 Å². The van der Waals surface area contributed by atoms with Crippen molar-refractivity contribution in [1.29, 1.82) is 0 Å². The van der Waals surface area contributed by atoms with Crippen molar-refractivity contribution in [2.45, 2.75) is 6.61 Å². The van der Waals surface area contributed by atoms with Crippen LogP contribution in [0, 0.1) is 0 Å². The minimum atomic E-state index is -0.488. The third-order valence-electron chi connectivity index (χ3n) is 4.15. The predicted molar refractivity (Wildman–Crippen MR) is 101 cm³/mol. The number of benzene rings is 3. The van der Waals surface area contributed by atoms with E-state index in [1.165, 1.54) is 0 Å². The molecule has 1 heterocycles. The van der Waals surface area contributed by atoms with E-state index in [9.17, 15) is 4.79 Å². The number of nitrogens with two attached hydrogens (primary N) is 1. The third-order valence-corrected chi connectivity index (χ3v) is 4.15. The van der Waals surface area contributed by atoms with Gasteiger partial charge in [0.25, 0.3) is 5.91 Å². The van der Waals surface area contributed by atoms with E-state index in [4.69, 9.17) is 10.5 Å². The number of fused-ring (bicyclic) bond motifs is 1. The number of para-hydroxylation sites is 1. The maximum Gasteiger partial charge on any atom is 0.250 e. The van der Waals surface area contributed by atoms with Gasteiger partial charge in [-0.15, -0.1) is 0 Å². The molecule has 1 amide bonds. The van der Waals surface area contributed by atoms with Gasteiger partial charge in [0.15, 0.2) is 0 Å². The number of aromatic amines is 1. The molecule has 0 spiro atoms. The molecule has 1 aromatic heterocycles. The third kappa shape index (κ3) is 3.15. The molecule has 3 N–H and O–H groups in total. The molecule has 0 atom stereocenters. The second kappa shape index (κ2) is 6.72. The summed E-state index contributed by atoms with van der Waals surface area (Å²) < 4.78 is 5.80. The van der Waals surface area contributed by atoms with Crippen molar-refractivity contribution < 1.29 is 9.53 Å². The molecule has 0 fully saturated rings. The average molecular weight is 343 g/mol. The number of carbonyl (C=O) groups is 1. The summed E-state index contributed by atoms with van der Waals surface area (Å²) in [6, 6.07) is 23.0. The van der Waals surface area contributed by atoms with Crippen LogP contribution in [-0.4, -0.2) is 15.9 Å². The Labute approximate surface area is 150 Å². The molecule has 26 heavy (non-hydrogen) atoms. The molecule has 0 aliphatic heterocycles. The maximum atomic E-state index is 11.5. The predicted octanol–water partition coefficient (Wildman–Crippen LogP) is 3.91. The number of aromatic nitrogens is 2. The van der Waals surface area contributed by atoms with E-state index in [1.54, 1.807) is 12.1 Å². The summed E-state index contributed by atoms with van der Waals surface area (Å²) in [5.74, 6) is 0.980. The lowest BCUT2D eigenvalue weighted by Crippen LogP contribution is -2.11. The fourth-order valence-corrected chi connectivity index (χ4v) is 2.82. The minimum absolute atomic E-state index is 0.410. The minimum Gasteiger partial charge on any atom is -0.489 e. The smallest absolute Gasteiger partial charge is 0.250 e. The van der Waals surface area contributed by atoms with E-state index >= 15 is 0 Å². The van der Waals surface area contributed by atoms with Gasteiger partial charge in [-0.3, -0.25) is 4.79 Å². The van der Waals surface area contributed by atoms with Crippen molar-refractivity contribution in [3.63, 3.8) is 0 Å². The molecule has 0 aliphatic carbocycles. The van der Waals surface area contributed by atoms with E-state index in [1.807, 2.05) is 60.7 Å². The Hall–Kier alpha value is -3.60. The Morgan fingerprint density at radius 1 is 0.962 bits per heavy atom. The number of amides is 1. The monoisotopic (exact) mass is 343 g/mol. The molecule has 0 saturated carbocycles. The number of ether oxygens (including phenoxy) is 1. The van der Waals surface area contributed by atoms with Crippen LogP contribution in [0.5, 0.6) is 5.75 Å². The molecule has 128 valence electrons. The Bertz CT molecular complexity index is 1050. The Balaban J connectivity index is 1.56. The fourth-order valence-electron chi connectivity index (χ4n) is 2.82. The second-order valence-corrected chi connectivity index (χ2v) is 5.95. The number of imidazole rings is 1. The highest BCUT2D eigenvalue weighted by Crippen LogP contribution is 2.25. The number of nitrogens with zero attached hydrogens (tertiary/aromatic N) is 1. The molecule has 0 bridgehead atoms. The van der Waals surface area contributed by atoms with Gasteiger partial charge in [0, 0.05) is 5.56 Å². The van der Waals surface area contributed by atoms with Gasteiger partial charge in [0.05, 0.1) is 11.1 Å². The molecular weight excluding hydrogens is 326 g/mol. The molecule has 4 aromatic rings. The summed E-state index contributed by atoms with van der Waals surface area (Å²) >= 11 is 0. The van der Waals surface area contributed by atoms with Crippen LogP contribution in [0.15, 0.2) is 72.8 Å². The first-order valence-corrected chi connectivity index (χ1v) is 8.26. The molecule has 0 aliphatic rings. The lowest BCUT2D eigenvalue weighted by Gasteiger charge is -2.06. The first-order valence-electron chi connectivity index (χ1n) is 8.26. The Kier molecular flexibility index (Phi) is 4.11. The summed E-state index contributed by atoms with van der Waals surface area (Å²) in [4.78, 5) is 19.3. The Morgan fingerprint density at radius 3 is 2.46 bits per heavy atom. The van der Waals surface area contributed by atoms with Crippen molar-refractivity contribution in [3.05, 3.63) is 83.9 Å². The lowest BCUT2D eigenvalue weighted by atomic mass is 10.2. The topological polar surface area (TPSA) is 81.0 Å². The van der Waals surface area contributed by atoms with Gasteiger partial charge in [-0.25, -0.2) is 4.98 Å². The van der Waals surface area contributed by atoms with Crippen LogP contribution in [0.3, 0.4) is 0 Å². The number of H-pyrrole nitrogens is 1. The number of carbonyl (C=O) groups excluding carboxylic acids is 1. The summed E-state index contributed by atoms with van der Waals surface area (Å²) in [5.41, 5.74) is 9.22. The molecule has 5 nitrogen and oxygen atoms in total. The molecule has 0 saturated heterocycles. The van der Waals surface area contributed by atoms with Gasteiger partial charge in [-0.1, -0.05) is 36.4 Å². The van der Waals surface area contributed by atoms with Crippen LogP contribution in [0.25, 0.3) is 22.4 Å². The van der Waals surface area contributed by atoms with Gasteiger partial charge in [0.1, 0.15) is 23.7 Å². The average Bonchev–Trinajstić information content (AvgIpc) is 3.11. The van der Waals surface area contributed by atoms with Crippen LogP contribution >= 0.6 is 0 Å². The maximum absolute atomic E-state index is 11.5. The largest absolute Gasteiger partial charge is 0.489 e. The second-order valence-electron chi connectivity index (χ2n) is 5.95. The van der Waals surface area contributed by atoms with Crippen molar-refractivity contribution in [2.24, 2.45) is 5.73 Å². The van der Waals surface area contributed by atoms with Crippen LogP contribution in [-0.2, 0) is 6.61 Å². The Morgan fingerprint density at radius 2 is 1.73 bits per heavy atom. The first kappa shape index (κ1) is 15.9. The van der Waals surface area contributed by atoms with Crippen molar-refractivity contribution in [3.8, 4) is 17.1 Å². The highest BCUT2D eigenvalue weighted by molar-refractivity contribution is 6.04. The standard InChI is InChI=1S/C21H17N3O2/c22-20(25)17-7-4-8-18-19(17)24-21(23-18)15-9-11-16(12-10-15)26-13-14-5-2-1-3-6-14/h1-12H,13H2,(H2,22,25)(H,23,24). The highest BCUT2D eigenvalue weighted by Gasteiger charge is 2.12. The summed E-state index contributed by atoms with van der Waals surface area (Å²) in [5, 5.41) is 0. The molecule has 4 rings (SSSR count). The van der Waals surface area contributed by atoms with E-state index in [0.717, 1.165) is 22.4 Å². The van der Waals surface area contributed by atoms with E-state index in [-0.39, 0.29) is 0 Å². The quantitative estimate of drug-likeness (QED) is 0.576. The van der Waals surface area contributed by atoms with Crippen molar-refractivity contribution in [2.75, 3.05) is 0 Å². The van der Waals surface area contributed by atoms with Gasteiger partial charge < -0.3 is 15.5 Å². The fraction of sp³-hybridized carbons (Fsp3) is 0.0476. The SMILES string of the molecule is NC(=O)c1cccc2[nH]c(-c3ccc(OCc4ccccc4)cc3)nc12. The van der Waals surface area contributed by atoms with E-state index in [2.05, 4.69) is 9.97 Å². The zero-order valence-corrected chi connectivity index (χ0v) is 14.0. The van der Waals surface area contributed by atoms with Crippen LogP contribution in [0.1, 0.15) is 15.9 Å². The molecule has 0 unspecified atom stereocenters. The van der Waals surface area contributed by atoms with Gasteiger partial charge in [-0.05, 0) is 42.0 Å². The van der Waals surface area contributed by atoms with Crippen molar-refractivity contribution >= 4 is 16.9 Å². The summed E-state index contributed by atoms with van der Waals surface area (Å²) in [6.07, 6.45) is 0. The zero-order chi connectivity index (χ0) is 17.9. The molecule has 5 heteroatoms. The van der Waals surface area contributed by atoms with Gasteiger partial charge in [0.2, 0.25) is 0 Å². The highest BCUT2D eigenvalue weighted by atomic mass is 16.5. The lowest BCUT2D eigenvalue weighted by molar-refractivity contribution is 0.100. The van der Waals surface area contributed by atoms with Gasteiger partial charge >= 0.3 is 0 Å². The van der Waals surface area contributed by atoms with Crippen LogP contribution < -0.4 is 10.5 Å². The summed E-state index contributed by atoms with van der Waals surface area (Å²) in [7, 11) is 0. The number of hydrogen-bond acceptors (Lipinski definition) is 3. The zero-order valence-electron chi connectivity index (χ0n) is 14.0. The van der Waals surface area contributed by atoms with E-state index < -0.39 is 5.91 Å². The number of hydrogen-bond donors (Lipinski definition) is 2. The molecule has 0 radical (unpaired) electrons. The normalized spacial score (nSPS) is 10.8.